The van der Waals surface area contributed by atoms with Gasteiger partial charge in [-0.05, 0) is 30.7 Å². The van der Waals surface area contributed by atoms with Crippen LogP contribution in [0.5, 0.6) is 0 Å². The number of hydrogen-bond acceptors (Lipinski definition) is 3. The second-order valence-corrected chi connectivity index (χ2v) is 7.97. The first-order valence-electron chi connectivity index (χ1n) is 6.88. The van der Waals surface area contributed by atoms with Crippen LogP contribution < -0.4 is 0 Å². The normalized spacial score (nSPS) is 26.0. The molecule has 1 aromatic rings. The topological polar surface area (TPSA) is 54.4 Å². The maximum Gasteiger partial charge on any atom is 0.150 e. The number of aliphatic hydroxyl groups excluding tert-OH is 1. The summed E-state index contributed by atoms with van der Waals surface area (Å²) in [6.45, 7) is 0. The van der Waals surface area contributed by atoms with Crippen molar-refractivity contribution in [2.45, 2.75) is 43.5 Å². The second kappa shape index (κ2) is 6.06. The molecule has 1 fully saturated rings. The van der Waals surface area contributed by atoms with E-state index in [2.05, 4.69) is 0 Å². The van der Waals surface area contributed by atoms with Crippen LogP contribution in [-0.2, 0) is 9.84 Å². The minimum absolute atomic E-state index is 0.214. The molecule has 1 N–H and O–H groups in total. The Morgan fingerprint density at radius 2 is 1.95 bits per heavy atom. The van der Waals surface area contributed by atoms with E-state index < -0.39 is 15.9 Å². The summed E-state index contributed by atoms with van der Waals surface area (Å²) in [6, 6.07) is 9.59. The largest absolute Gasteiger partial charge is 0.388 e. The molecule has 0 heterocycles. The standard InChI is InChI=1S/C15H22O3S/c1-19(17,18)14-9-5-6-12(10-14)11-15(16)13-7-3-2-4-8-13/h2-4,7-8,12,14-16H,5-6,9-11H2,1H3. The summed E-state index contributed by atoms with van der Waals surface area (Å²) in [5.41, 5.74) is 0.920. The van der Waals surface area contributed by atoms with Crippen LogP contribution in [0.1, 0.15) is 43.8 Å². The van der Waals surface area contributed by atoms with E-state index in [1.54, 1.807) is 0 Å². The Bertz CT molecular complexity index is 495. The molecule has 0 aliphatic heterocycles. The van der Waals surface area contributed by atoms with Crippen LogP contribution in [0.15, 0.2) is 30.3 Å². The third kappa shape index (κ3) is 4.05. The fourth-order valence-corrected chi connectivity index (χ4v) is 4.19. The third-order valence-electron chi connectivity index (χ3n) is 4.08. The van der Waals surface area contributed by atoms with Crippen molar-refractivity contribution < 1.29 is 13.5 Å². The molecular formula is C15H22O3S. The minimum Gasteiger partial charge on any atom is -0.388 e. The summed E-state index contributed by atoms with van der Waals surface area (Å²) >= 11 is 0. The average molecular weight is 282 g/mol. The number of benzene rings is 1. The molecule has 0 aromatic heterocycles. The maximum absolute atomic E-state index is 11.6. The summed E-state index contributed by atoms with van der Waals surface area (Å²) in [7, 11) is -2.94. The Labute approximate surface area is 115 Å². The van der Waals surface area contributed by atoms with E-state index in [9.17, 15) is 13.5 Å². The highest BCUT2D eigenvalue weighted by molar-refractivity contribution is 7.91. The summed E-state index contributed by atoms with van der Waals surface area (Å²) in [4.78, 5) is 0. The van der Waals surface area contributed by atoms with Gasteiger partial charge in [0.2, 0.25) is 0 Å². The molecule has 0 radical (unpaired) electrons. The predicted molar refractivity (Wildman–Crippen MR) is 76.6 cm³/mol. The van der Waals surface area contributed by atoms with Crippen LogP contribution in [0.4, 0.5) is 0 Å². The number of hydrogen-bond donors (Lipinski definition) is 1. The van der Waals surface area contributed by atoms with Crippen LogP contribution in [0.3, 0.4) is 0 Å². The zero-order valence-electron chi connectivity index (χ0n) is 11.3. The molecule has 1 saturated carbocycles. The highest BCUT2D eigenvalue weighted by atomic mass is 32.2. The van der Waals surface area contributed by atoms with Crippen molar-refractivity contribution in [1.29, 1.82) is 0 Å². The van der Waals surface area contributed by atoms with Gasteiger partial charge in [0, 0.05) is 6.26 Å². The number of sulfone groups is 1. The predicted octanol–water partition coefficient (Wildman–Crippen LogP) is 2.71. The lowest BCUT2D eigenvalue weighted by atomic mass is 9.84. The molecule has 1 aliphatic carbocycles. The first-order chi connectivity index (χ1) is 8.97. The van der Waals surface area contributed by atoms with E-state index >= 15 is 0 Å². The monoisotopic (exact) mass is 282 g/mol. The summed E-state index contributed by atoms with van der Waals surface area (Å²) < 4.78 is 23.3. The zero-order valence-corrected chi connectivity index (χ0v) is 12.1. The first kappa shape index (κ1) is 14.5. The lowest BCUT2D eigenvalue weighted by molar-refractivity contribution is 0.132. The number of aliphatic hydroxyl groups is 1. The molecule has 0 bridgehead atoms. The molecule has 2 rings (SSSR count). The van der Waals surface area contributed by atoms with E-state index in [1.165, 1.54) is 6.26 Å². The first-order valence-corrected chi connectivity index (χ1v) is 8.84. The van der Waals surface area contributed by atoms with Crippen LogP contribution in [0.25, 0.3) is 0 Å². The van der Waals surface area contributed by atoms with Crippen LogP contribution in [0, 0.1) is 5.92 Å². The van der Waals surface area contributed by atoms with Gasteiger partial charge < -0.3 is 5.11 Å². The van der Waals surface area contributed by atoms with Crippen molar-refractivity contribution in [2.75, 3.05) is 6.26 Å². The van der Waals surface area contributed by atoms with Gasteiger partial charge in [-0.1, -0.05) is 43.2 Å². The van der Waals surface area contributed by atoms with Crippen molar-refractivity contribution in [3.63, 3.8) is 0 Å². The Morgan fingerprint density at radius 1 is 1.26 bits per heavy atom. The fourth-order valence-electron chi connectivity index (χ4n) is 2.97. The SMILES string of the molecule is CS(=O)(=O)C1CCCC(CC(O)c2ccccc2)C1. The lowest BCUT2D eigenvalue weighted by Crippen LogP contribution is -2.28. The number of rotatable bonds is 4. The van der Waals surface area contributed by atoms with Gasteiger partial charge in [0.15, 0.2) is 0 Å². The van der Waals surface area contributed by atoms with E-state index in [0.717, 1.165) is 24.8 Å². The molecule has 3 nitrogen and oxygen atoms in total. The molecular weight excluding hydrogens is 260 g/mol. The van der Waals surface area contributed by atoms with Gasteiger partial charge in [-0.2, -0.15) is 0 Å². The highest BCUT2D eigenvalue weighted by Gasteiger charge is 2.30. The van der Waals surface area contributed by atoms with Crippen molar-refractivity contribution in [1.82, 2.24) is 0 Å². The van der Waals surface area contributed by atoms with Gasteiger partial charge >= 0.3 is 0 Å². The Hall–Kier alpha value is -0.870. The molecule has 4 heteroatoms. The summed E-state index contributed by atoms with van der Waals surface area (Å²) in [5, 5.41) is 10.00. The molecule has 0 amide bonds. The summed E-state index contributed by atoms with van der Waals surface area (Å²) in [6.07, 6.45) is 4.95. The molecule has 3 atom stereocenters. The smallest absolute Gasteiger partial charge is 0.150 e. The molecule has 1 aromatic carbocycles. The van der Waals surface area contributed by atoms with E-state index in [4.69, 9.17) is 0 Å². The Balaban J connectivity index is 1.96. The lowest BCUT2D eigenvalue weighted by Gasteiger charge is -2.29. The quantitative estimate of drug-likeness (QED) is 0.924. The average Bonchev–Trinajstić information content (AvgIpc) is 2.39. The second-order valence-electron chi connectivity index (χ2n) is 5.65. The van der Waals surface area contributed by atoms with Gasteiger partial charge in [0.05, 0.1) is 11.4 Å². The Morgan fingerprint density at radius 3 is 2.58 bits per heavy atom. The molecule has 0 saturated heterocycles. The van der Waals surface area contributed by atoms with Crippen molar-refractivity contribution in [3.05, 3.63) is 35.9 Å². The molecule has 1 aliphatic rings. The van der Waals surface area contributed by atoms with Gasteiger partial charge in [-0.3, -0.25) is 0 Å². The van der Waals surface area contributed by atoms with Crippen LogP contribution in [-0.4, -0.2) is 25.0 Å². The minimum atomic E-state index is -2.94. The van der Waals surface area contributed by atoms with Crippen LogP contribution >= 0.6 is 0 Å². The van der Waals surface area contributed by atoms with E-state index in [1.807, 2.05) is 30.3 Å². The zero-order chi connectivity index (χ0) is 13.9. The van der Waals surface area contributed by atoms with Crippen molar-refractivity contribution in [3.8, 4) is 0 Å². The van der Waals surface area contributed by atoms with Crippen LogP contribution in [0.2, 0.25) is 0 Å². The van der Waals surface area contributed by atoms with Gasteiger partial charge in [-0.25, -0.2) is 8.42 Å². The fraction of sp³-hybridized carbons (Fsp3) is 0.600. The summed E-state index contributed by atoms with van der Waals surface area (Å²) in [5.74, 6) is 0.309. The third-order valence-corrected chi connectivity index (χ3v) is 5.72. The van der Waals surface area contributed by atoms with E-state index in [0.29, 0.717) is 18.8 Å². The van der Waals surface area contributed by atoms with Crippen molar-refractivity contribution in [2.24, 2.45) is 5.92 Å². The van der Waals surface area contributed by atoms with E-state index in [-0.39, 0.29) is 5.25 Å². The van der Waals surface area contributed by atoms with Crippen molar-refractivity contribution >= 4 is 9.84 Å². The molecule has 3 unspecified atom stereocenters. The molecule has 106 valence electrons. The van der Waals surface area contributed by atoms with Gasteiger partial charge in [0.25, 0.3) is 0 Å². The van der Waals surface area contributed by atoms with Gasteiger partial charge in [0.1, 0.15) is 9.84 Å². The molecule has 19 heavy (non-hydrogen) atoms. The Kier molecular flexibility index (Phi) is 4.63. The molecule has 0 spiro atoms. The maximum atomic E-state index is 11.6. The van der Waals surface area contributed by atoms with Gasteiger partial charge in [-0.15, -0.1) is 0 Å². The highest BCUT2D eigenvalue weighted by Crippen LogP contribution is 2.34.